The summed E-state index contributed by atoms with van der Waals surface area (Å²) in [4.78, 5) is 20.8. The third-order valence-corrected chi connectivity index (χ3v) is 7.19. The molecule has 1 fully saturated rings. The molecule has 0 radical (unpaired) electrons. The van der Waals surface area contributed by atoms with Gasteiger partial charge in [0.1, 0.15) is 5.82 Å². The molecule has 2 aromatic rings. The van der Waals surface area contributed by atoms with E-state index in [4.69, 9.17) is 15.6 Å². The molecule has 10 nitrogen and oxygen atoms in total. The van der Waals surface area contributed by atoms with Crippen LogP contribution in [0.1, 0.15) is 55.4 Å². The van der Waals surface area contributed by atoms with Gasteiger partial charge in [-0.05, 0) is 31.9 Å². The number of hydrogen-bond acceptors (Lipinski definition) is 7. The summed E-state index contributed by atoms with van der Waals surface area (Å²) < 4.78 is 45.7. The van der Waals surface area contributed by atoms with Crippen LogP contribution in [0.3, 0.4) is 0 Å². The zero-order valence-electron chi connectivity index (χ0n) is 17.1. The van der Waals surface area contributed by atoms with Crippen LogP contribution >= 0.6 is 0 Å². The van der Waals surface area contributed by atoms with Gasteiger partial charge in [0.25, 0.3) is 10.0 Å². The van der Waals surface area contributed by atoms with Crippen molar-refractivity contribution < 1.29 is 22.0 Å². The summed E-state index contributed by atoms with van der Waals surface area (Å²) in [5, 5.41) is 7.88. The number of nitrogens with one attached hydrogen (secondary N) is 1. The highest BCUT2D eigenvalue weighted by atomic mass is 32.2. The van der Waals surface area contributed by atoms with Gasteiger partial charge in [0.05, 0.1) is 29.9 Å². The molecule has 1 aliphatic rings. The molecule has 2 heterocycles. The molecule has 0 saturated heterocycles. The molecule has 0 aromatic carbocycles. The third kappa shape index (κ3) is 5.01. The average molecular weight is 453 g/mol. The SMILES string of the molecule is C[C@H](Cc1ncc(F)cn1)S(=O)(=O)N(C(=N)N)N(C(=O)c1ccco1)C1CCCCC1. The largest absolute Gasteiger partial charge is 0.459 e. The van der Waals surface area contributed by atoms with E-state index in [9.17, 15) is 17.6 Å². The van der Waals surface area contributed by atoms with Crippen LogP contribution in [0.4, 0.5) is 4.39 Å². The predicted molar refractivity (Wildman–Crippen MR) is 110 cm³/mol. The number of furan rings is 1. The van der Waals surface area contributed by atoms with Crippen molar-refractivity contribution in [3.05, 3.63) is 48.2 Å². The molecule has 2 aromatic heterocycles. The van der Waals surface area contributed by atoms with E-state index >= 15 is 0 Å². The van der Waals surface area contributed by atoms with E-state index in [1.807, 2.05) is 0 Å². The standard InChI is InChI=1S/C19H25FN6O4S/c1-13(10-17-23-11-14(20)12-24-17)31(28,29)26(19(21)22)25(15-6-3-2-4-7-15)18(27)16-8-5-9-30-16/h5,8-9,11-13,15H,2-4,6-7,10H2,1H3,(H3,21,22)/t13-/m1/s1. The van der Waals surface area contributed by atoms with Gasteiger partial charge in [-0.25, -0.2) is 27.8 Å². The molecule has 0 spiro atoms. The topological polar surface area (TPSA) is 146 Å². The maximum absolute atomic E-state index is 13.5. The second kappa shape index (κ2) is 9.41. The Balaban J connectivity index is 1.96. The van der Waals surface area contributed by atoms with Gasteiger partial charge < -0.3 is 10.2 Å². The molecule has 3 rings (SSSR count). The molecule has 0 aliphatic heterocycles. The van der Waals surface area contributed by atoms with E-state index in [1.54, 1.807) is 0 Å². The number of carbonyl (C=O) groups is 1. The highest BCUT2D eigenvalue weighted by molar-refractivity contribution is 7.90. The van der Waals surface area contributed by atoms with Crippen LogP contribution in [0, 0.1) is 11.2 Å². The van der Waals surface area contributed by atoms with Crippen LogP contribution in [0.5, 0.6) is 0 Å². The van der Waals surface area contributed by atoms with Crippen molar-refractivity contribution in [3.8, 4) is 0 Å². The molecule has 0 unspecified atom stereocenters. The van der Waals surface area contributed by atoms with E-state index in [0.717, 1.165) is 36.7 Å². The van der Waals surface area contributed by atoms with Crippen molar-refractivity contribution in [2.75, 3.05) is 0 Å². The van der Waals surface area contributed by atoms with Crippen molar-refractivity contribution in [2.24, 2.45) is 5.73 Å². The number of halogens is 1. The zero-order valence-corrected chi connectivity index (χ0v) is 17.9. The zero-order chi connectivity index (χ0) is 22.6. The summed E-state index contributed by atoms with van der Waals surface area (Å²) in [5.41, 5.74) is 5.70. The van der Waals surface area contributed by atoms with E-state index in [-0.39, 0.29) is 18.0 Å². The van der Waals surface area contributed by atoms with E-state index < -0.39 is 39.0 Å². The Morgan fingerprint density at radius 1 is 1.32 bits per heavy atom. The van der Waals surface area contributed by atoms with E-state index in [2.05, 4.69) is 9.97 Å². The number of hydrogen-bond donors (Lipinski definition) is 2. The lowest BCUT2D eigenvalue weighted by Crippen LogP contribution is -2.60. The number of amides is 1. The summed E-state index contributed by atoms with van der Waals surface area (Å²) in [6, 6.07) is 2.49. The first-order chi connectivity index (χ1) is 14.7. The van der Waals surface area contributed by atoms with Gasteiger partial charge in [-0.1, -0.05) is 19.3 Å². The Bertz CT molecular complexity index is 1010. The van der Waals surface area contributed by atoms with Gasteiger partial charge in [0, 0.05) is 6.42 Å². The molecular formula is C19H25FN6O4S. The smallest absolute Gasteiger partial charge is 0.309 e. The minimum absolute atomic E-state index is 0.0541. The van der Waals surface area contributed by atoms with Crippen LogP contribution in [0.15, 0.2) is 35.2 Å². The molecule has 1 saturated carbocycles. The third-order valence-electron chi connectivity index (χ3n) is 5.16. The number of sulfonamides is 1. The highest BCUT2D eigenvalue weighted by Gasteiger charge is 2.42. The van der Waals surface area contributed by atoms with Crippen LogP contribution in [0.2, 0.25) is 0 Å². The number of nitrogens with two attached hydrogens (primary N) is 1. The van der Waals surface area contributed by atoms with Crippen molar-refractivity contribution in [1.82, 2.24) is 19.4 Å². The van der Waals surface area contributed by atoms with Crippen molar-refractivity contribution >= 4 is 21.9 Å². The summed E-state index contributed by atoms with van der Waals surface area (Å²) in [5.74, 6) is -2.08. The van der Waals surface area contributed by atoms with Gasteiger partial charge >= 0.3 is 5.91 Å². The van der Waals surface area contributed by atoms with Gasteiger partial charge in [-0.15, -0.1) is 4.41 Å². The molecule has 1 atom stereocenters. The van der Waals surface area contributed by atoms with Crippen LogP contribution in [-0.4, -0.2) is 51.0 Å². The Morgan fingerprint density at radius 2 is 1.97 bits per heavy atom. The average Bonchev–Trinajstić information content (AvgIpc) is 3.28. The number of aromatic nitrogens is 2. The number of nitrogens with zero attached hydrogens (tertiary/aromatic N) is 4. The molecule has 1 aliphatic carbocycles. The fourth-order valence-corrected chi connectivity index (χ4v) is 5.02. The normalized spacial score (nSPS) is 15.9. The summed E-state index contributed by atoms with van der Waals surface area (Å²) in [6.45, 7) is 1.40. The lowest BCUT2D eigenvalue weighted by Gasteiger charge is -2.41. The van der Waals surface area contributed by atoms with Gasteiger partial charge in [0.2, 0.25) is 5.96 Å². The predicted octanol–water partition coefficient (Wildman–Crippen LogP) is 2.06. The molecule has 1 amide bonds. The van der Waals surface area contributed by atoms with Crippen molar-refractivity contribution in [3.63, 3.8) is 0 Å². The minimum atomic E-state index is -4.32. The summed E-state index contributed by atoms with van der Waals surface area (Å²) >= 11 is 0. The van der Waals surface area contributed by atoms with Gasteiger partial charge in [0.15, 0.2) is 11.6 Å². The van der Waals surface area contributed by atoms with E-state index in [1.165, 1.54) is 25.3 Å². The van der Waals surface area contributed by atoms with Crippen LogP contribution < -0.4 is 5.73 Å². The Morgan fingerprint density at radius 3 is 2.52 bits per heavy atom. The van der Waals surface area contributed by atoms with E-state index in [0.29, 0.717) is 17.3 Å². The lowest BCUT2D eigenvalue weighted by atomic mass is 9.95. The monoisotopic (exact) mass is 452 g/mol. The maximum atomic E-state index is 13.5. The van der Waals surface area contributed by atoms with Crippen molar-refractivity contribution in [2.45, 2.75) is 56.7 Å². The quantitative estimate of drug-likeness (QED) is 0.387. The fourth-order valence-electron chi connectivity index (χ4n) is 3.59. The Labute approximate surface area is 179 Å². The van der Waals surface area contributed by atoms with Crippen LogP contribution in [0.25, 0.3) is 0 Å². The Hall–Kier alpha value is -3.02. The first-order valence-corrected chi connectivity index (χ1v) is 11.4. The number of guanidine groups is 1. The first kappa shape index (κ1) is 22.7. The molecular weight excluding hydrogens is 427 g/mol. The Kier molecular flexibility index (Phi) is 6.88. The second-order valence-electron chi connectivity index (χ2n) is 7.42. The number of hydrazine groups is 1. The molecule has 12 heteroatoms. The summed E-state index contributed by atoms with van der Waals surface area (Å²) in [6.07, 6.45) is 6.80. The summed E-state index contributed by atoms with van der Waals surface area (Å²) in [7, 11) is -4.32. The minimum Gasteiger partial charge on any atom is -0.459 e. The highest BCUT2D eigenvalue weighted by Crippen LogP contribution is 2.28. The van der Waals surface area contributed by atoms with Crippen LogP contribution in [-0.2, 0) is 16.4 Å². The molecule has 168 valence electrons. The number of rotatable bonds is 6. The van der Waals surface area contributed by atoms with Gasteiger partial charge in [-0.2, -0.15) is 0 Å². The fraction of sp³-hybridized carbons (Fsp3) is 0.474. The maximum Gasteiger partial charge on any atom is 0.309 e. The number of carbonyl (C=O) groups excluding carboxylic acids is 1. The van der Waals surface area contributed by atoms with Crippen molar-refractivity contribution in [1.29, 1.82) is 5.41 Å². The molecule has 31 heavy (non-hydrogen) atoms. The molecule has 3 N–H and O–H groups in total. The van der Waals surface area contributed by atoms with Gasteiger partial charge in [-0.3, -0.25) is 10.2 Å². The first-order valence-electron chi connectivity index (χ1n) is 9.93. The molecule has 0 bridgehead atoms. The lowest BCUT2D eigenvalue weighted by molar-refractivity contribution is 0.0252. The second-order valence-corrected chi connectivity index (χ2v) is 9.60.